The summed E-state index contributed by atoms with van der Waals surface area (Å²) in [6.45, 7) is 10.3. The molecular formula is C16H30O2. The molecule has 0 aromatic rings. The fourth-order valence-electron chi connectivity index (χ4n) is 2.97. The van der Waals surface area contributed by atoms with Crippen molar-refractivity contribution < 1.29 is 9.53 Å². The second-order valence-electron chi connectivity index (χ2n) is 6.38. The Hall–Kier alpha value is -0.530. The lowest BCUT2D eigenvalue weighted by atomic mass is 9.80. The maximum absolute atomic E-state index is 12.4. The SMILES string of the molecule is CCC(C)(C)C(=O)OC(CC)(CC)C1CCCC1. The van der Waals surface area contributed by atoms with E-state index in [1.807, 2.05) is 13.8 Å². The molecule has 18 heavy (non-hydrogen) atoms. The lowest BCUT2D eigenvalue weighted by Crippen LogP contribution is -2.44. The lowest BCUT2D eigenvalue weighted by Gasteiger charge is -2.39. The van der Waals surface area contributed by atoms with Crippen LogP contribution in [0.25, 0.3) is 0 Å². The predicted molar refractivity (Wildman–Crippen MR) is 75.4 cm³/mol. The molecular weight excluding hydrogens is 224 g/mol. The van der Waals surface area contributed by atoms with Crippen molar-refractivity contribution in [3.05, 3.63) is 0 Å². The topological polar surface area (TPSA) is 26.3 Å². The molecule has 0 N–H and O–H groups in total. The summed E-state index contributed by atoms with van der Waals surface area (Å²) in [5.74, 6) is 0.560. The number of rotatable bonds is 6. The third kappa shape index (κ3) is 3.07. The predicted octanol–water partition coefficient (Wildman–Crippen LogP) is 4.71. The molecule has 0 aromatic heterocycles. The van der Waals surface area contributed by atoms with Crippen LogP contribution >= 0.6 is 0 Å². The van der Waals surface area contributed by atoms with Gasteiger partial charge in [0.15, 0.2) is 0 Å². The van der Waals surface area contributed by atoms with Gasteiger partial charge in [0.05, 0.1) is 5.41 Å². The van der Waals surface area contributed by atoms with Gasteiger partial charge in [-0.05, 0) is 51.9 Å². The summed E-state index contributed by atoms with van der Waals surface area (Å²) in [7, 11) is 0. The van der Waals surface area contributed by atoms with Crippen molar-refractivity contribution in [1.29, 1.82) is 0 Å². The first-order valence-electron chi connectivity index (χ1n) is 7.65. The molecule has 0 heterocycles. The Kier molecular flexibility index (Phi) is 5.24. The second kappa shape index (κ2) is 6.08. The minimum Gasteiger partial charge on any atom is -0.458 e. The van der Waals surface area contributed by atoms with Crippen molar-refractivity contribution in [3.63, 3.8) is 0 Å². The zero-order chi connectivity index (χ0) is 13.8. The zero-order valence-corrected chi connectivity index (χ0v) is 12.8. The third-order valence-corrected chi connectivity index (χ3v) is 5.03. The molecule has 1 rings (SSSR count). The molecule has 1 saturated carbocycles. The number of esters is 1. The summed E-state index contributed by atoms with van der Waals surface area (Å²) in [6, 6.07) is 0. The highest BCUT2D eigenvalue weighted by atomic mass is 16.6. The van der Waals surface area contributed by atoms with Crippen LogP contribution in [0.15, 0.2) is 0 Å². The Morgan fingerprint density at radius 3 is 1.94 bits per heavy atom. The summed E-state index contributed by atoms with van der Waals surface area (Å²) in [4.78, 5) is 12.4. The van der Waals surface area contributed by atoms with Gasteiger partial charge in [-0.2, -0.15) is 0 Å². The first-order chi connectivity index (χ1) is 8.41. The van der Waals surface area contributed by atoms with Crippen LogP contribution in [0.5, 0.6) is 0 Å². The molecule has 0 unspecified atom stereocenters. The quantitative estimate of drug-likeness (QED) is 0.641. The maximum Gasteiger partial charge on any atom is 0.312 e. The average molecular weight is 254 g/mol. The molecule has 0 saturated heterocycles. The van der Waals surface area contributed by atoms with Gasteiger partial charge in [0, 0.05) is 0 Å². The molecule has 0 amide bonds. The number of carbonyl (C=O) groups is 1. The Bertz CT molecular complexity index is 271. The zero-order valence-electron chi connectivity index (χ0n) is 12.8. The maximum atomic E-state index is 12.4. The van der Waals surface area contributed by atoms with E-state index in [1.54, 1.807) is 0 Å². The van der Waals surface area contributed by atoms with Crippen LogP contribution in [0.3, 0.4) is 0 Å². The minimum absolute atomic E-state index is 0.0133. The Morgan fingerprint density at radius 1 is 1.06 bits per heavy atom. The van der Waals surface area contributed by atoms with Gasteiger partial charge in [-0.1, -0.05) is 33.6 Å². The largest absolute Gasteiger partial charge is 0.458 e. The van der Waals surface area contributed by atoms with Gasteiger partial charge in [-0.3, -0.25) is 4.79 Å². The number of hydrogen-bond acceptors (Lipinski definition) is 2. The number of ether oxygens (including phenoxy) is 1. The summed E-state index contributed by atoms with van der Waals surface area (Å²) >= 11 is 0. The molecule has 106 valence electrons. The number of carbonyl (C=O) groups excluding carboxylic acids is 1. The Balaban J connectivity index is 2.82. The first-order valence-corrected chi connectivity index (χ1v) is 7.65. The van der Waals surface area contributed by atoms with Crippen LogP contribution in [0.2, 0.25) is 0 Å². The summed E-state index contributed by atoms with van der Waals surface area (Å²) in [6.07, 6.45) is 7.75. The molecule has 2 nitrogen and oxygen atoms in total. The van der Waals surface area contributed by atoms with Crippen molar-refractivity contribution in [1.82, 2.24) is 0 Å². The molecule has 0 bridgehead atoms. The van der Waals surface area contributed by atoms with E-state index < -0.39 is 0 Å². The van der Waals surface area contributed by atoms with Gasteiger partial charge in [0.1, 0.15) is 5.60 Å². The van der Waals surface area contributed by atoms with Crippen molar-refractivity contribution in [2.75, 3.05) is 0 Å². The summed E-state index contributed by atoms with van der Waals surface area (Å²) < 4.78 is 6.04. The van der Waals surface area contributed by atoms with E-state index in [9.17, 15) is 4.79 Å². The Morgan fingerprint density at radius 2 is 1.56 bits per heavy atom. The van der Waals surface area contributed by atoms with E-state index in [0.717, 1.165) is 19.3 Å². The molecule has 0 spiro atoms. The molecule has 1 aliphatic carbocycles. The van der Waals surface area contributed by atoms with E-state index in [1.165, 1.54) is 25.7 Å². The number of hydrogen-bond donors (Lipinski definition) is 0. The lowest BCUT2D eigenvalue weighted by molar-refractivity contribution is -0.178. The molecule has 2 heteroatoms. The molecule has 0 aliphatic heterocycles. The molecule has 0 aromatic carbocycles. The molecule has 1 aliphatic rings. The van der Waals surface area contributed by atoms with E-state index in [0.29, 0.717) is 5.92 Å². The van der Waals surface area contributed by atoms with Crippen molar-refractivity contribution in [2.24, 2.45) is 11.3 Å². The van der Waals surface area contributed by atoms with Crippen LogP contribution in [-0.2, 0) is 9.53 Å². The minimum atomic E-state index is -0.353. The standard InChI is InChI=1S/C16H30O2/c1-6-15(4,5)14(17)18-16(7-2,8-3)13-11-9-10-12-13/h13H,6-12H2,1-5H3. The van der Waals surface area contributed by atoms with Crippen LogP contribution in [0.1, 0.15) is 79.6 Å². The van der Waals surface area contributed by atoms with E-state index in [4.69, 9.17) is 4.74 Å². The van der Waals surface area contributed by atoms with Crippen molar-refractivity contribution in [2.45, 2.75) is 85.2 Å². The van der Waals surface area contributed by atoms with E-state index >= 15 is 0 Å². The van der Waals surface area contributed by atoms with E-state index in [2.05, 4.69) is 20.8 Å². The fraction of sp³-hybridized carbons (Fsp3) is 0.938. The van der Waals surface area contributed by atoms with Gasteiger partial charge in [0.2, 0.25) is 0 Å². The average Bonchev–Trinajstić information content (AvgIpc) is 2.90. The van der Waals surface area contributed by atoms with Gasteiger partial charge >= 0.3 is 5.97 Å². The van der Waals surface area contributed by atoms with Crippen LogP contribution in [-0.4, -0.2) is 11.6 Å². The highest BCUT2D eigenvalue weighted by Gasteiger charge is 2.43. The van der Waals surface area contributed by atoms with Gasteiger partial charge in [-0.15, -0.1) is 0 Å². The van der Waals surface area contributed by atoms with Gasteiger partial charge < -0.3 is 4.74 Å². The van der Waals surface area contributed by atoms with E-state index in [-0.39, 0.29) is 17.0 Å². The highest BCUT2D eigenvalue weighted by Crippen LogP contribution is 2.42. The molecule has 0 radical (unpaired) electrons. The van der Waals surface area contributed by atoms with Gasteiger partial charge in [0.25, 0.3) is 0 Å². The first kappa shape index (κ1) is 15.5. The normalized spacial score (nSPS) is 18.1. The summed E-state index contributed by atoms with van der Waals surface area (Å²) in [5.41, 5.74) is -0.561. The van der Waals surface area contributed by atoms with Gasteiger partial charge in [-0.25, -0.2) is 0 Å². The third-order valence-electron chi connectivity index (χ3n) is 5.03. The Labute approximate surface area is 112 Å². The smallest absolute Gasteiger partial charge is 0.312 e. The summed E-state index contributed by atoms with van der Waals surface area (Å²) in [5, 5.41) is 0. The highest BCUT2D eigenvalue weighted by molar-refractivity contribution is 5.76. The van der Waals surface area contributed by atoms with Crippen LogP contribution in [0, 0.1) is 11.3 Å². The van der Waals surface area contributed by atoms with Crippen molar-refractivity contribution >= 4 is 5.97 Å². The van der Waals surface area contributed by atoms with Crippen LogP contribution in [0.4, 0.5) is 0 Å². The second-order valence-corrected chi connectivity index (χ2v) is 6.38. The molecule has 0 atom stereocenters. The fourth-order valence-corrected chi connectivity index (χ4v) is 2.97. The van der Waals surface area contributed by atoms with Crippen LogP contribution < -0.4 is 0 Å². The monoisotopic (exact) mass is 254 g/mol. The molecule has 1 fully saturated rings. The van der Waals surface area contributed by atoms with Crippen molar-refractivity contribution in [3.8, 4) is 0 Å².